The first-order valence-corrected chi connectivity index (χ1v) is 8.72. The smallest absolute Gasteiger partial charge is 0.224 e. The largest absolute Gasteiger partial charge is 0.496 e. The van der Waals surface area contributed by atoms with Crippen molar-refractivity contribution in [2.24, 2.45) is 0 Å². The molecule has 0 aliphatic carbocycles. The number of methoxy groups -OCH3 is 1. The van der Waals surface area contributed by atoms with Crippen LogP contribution in [0.1, 0.15) is 22.8 Å². The van der Waals surface area contributed by atoms with Crippen molar-refractivity contribution < 1.29 is 9.53 Å². The maximum Gasteiger partial charge on any atom is 0.224 e. The van der Waals surface area contributed by atoms with Crippen LogP contribution in [0, 0.1) is 0 Å². The molecule has 138 valence electrons. The van der Waals surface area contributed by atoms with Crippen molar-refractivity contribution in [3.8, 4) is 5.75 Å². The quantitative estimate of drug-likeness (QED) is 0.588. The van der Waals surface area contributed by atoms with Gasteiger partial charge < -0.3 is 15.4 Å². The van der Waals surface area contributed by atoms with Crippen LogP contribution in [-0.4, -0.2) is 29.4 Å². The second-order valence-corrected chi connectivity index (χ2v) is 6.01. The van der Waals surface area contributed by atoms with Crippen LogP contribution in [0.2, 0.25) is 0 Å². The topological polar surface area (TPSA) is 76.1 Å². The molecule has 2 aromatic carbocycles. The molecule has 1 aromatic heterocycles. The van der Waals surface area contributed by atoms with E-state index in [1.54, 1.807) is 38.4 Å². The highest BCUT2D eigenvalue weighted by Crippen LogP contribution is 2.18. The molecule has 2 N–H and O–H groups in total. The highest BCUT2D eigenvalue weighted by Gasteiger charge is 2.04. The third-order valence-electron chi connectivity index (χ3n) is 4.09. The van der Waals surface area contributed by atoms with E-state index in [-0.39, 0.29) is 5.78 Å². The third kappa shape index (κ3) is 5.04. The number of ether oxygens (including phenoxy) is 1. The number of carbonyl (C=O) groups is 1. The normalized spacial score (nSPS) is 10.3. The van der Waals surface area contributed by atoms with Crippen molar-refractivity contribution in [2.45, 2.75) is 13.3 Å². The lowest BCUT2D eigenvalue weighted by molar-refractivity contribution is 0.101. The predicted molar refractivity (Wildman–Crippen MR) is 107 cm³/mol. The van der Waals surface area contributed by atoms with Crippen molar-refractivity contribution in [3.05, 3.63) is 71.9 Å². The molecule has 6 nitrogen and oxygen atoms in total. The van der Waals surface area contributed by atoms with E-state index >= 15 is 0 Å². The summed E-state index contributed by atoms with van der Waals surface area (Å²) in [6.07, 6.45) is 2.50. The second-order valence-electron chi connectivity index (χ2n) is 6.01. The number of hydrogen-bond donors (Lipinski definition) is 2. The van der Waals surface area contributed by atoms with Crippen molar-refractivity contribution in [2.75, 3.05) is 24.3 Å². The van der Waals surface area contributed by atoms with Crippen molar-refractivity contribution in [3.63, 3.8) is 0 Å². The molecular weight excluding hydrogens is 340 g/mol. The van der Waals surface area contributed by atoms with E-state index in [4.69, 9.17) is 4.74 Å². The number of rotatable bonds is 8. The Hall–Kier alpha value is -3.41. The lowest BCUT2D eigenvalue weighted by Gasteiger charge is -2.10. The average molecular weight is 362 g/mol. The fourth-order valence-electron chi connectivity index (χ4n) is 2.67. The number of para-hydroxylation sites is 1. The zero-order valence-corrected chi connectivity index (χ0v) is 15.4. The van der Waals surface area contributed by atoms with Crippen LogP contribution in [0.4, 0.5) is 17.5 Å². The summed E-state index contributed by atoms with van der Waals surface area (Å²) in [5.74, 6) is 2.16. The van der Waals surface area contributed by atoms with Gasteiger partial charge in [-0.05, 0) is 55.3 Å². The lowest BCUT2D eigenvalue weighted by atomic mass is 10.1. The standard InChI is InChI=1S/C21H22N4O2/c1-15(26)16-7-9-18(10-8-16)24-20-12-14-23-21(25-20)22-13-11-17-5-3-4-6-19(17)27-2/h3-10,12,14H,11,13H2,1-2H3,(H2,22,23,24,25). The number of hydrogen-bond acceptors (Lipinski definition) is 6. The number of nitrogens with zero attached hydrogens (tertiary/aromatic N) is 2. The van der Waals surface area contributed by atoms with Crippen LogP contribution in [0.3, 0.4) is 0 Å². The molecule has 0 amide bonds. The van der Waals surface area contributed by atoms with Gasteiger partial charge in [0, 0.05) is 24.0 Å². The summed E-state index contributed by atoms with van der Waals surface area (Å²) < 4.78 is 5.37. The second kappa shape index (κ2) is 8.80. The maximum absolute atomic E-state index is 11.3. The molecule has 0 bridgehead atoms. The highest BCUT2D eigenvalue weighted by atomic mass is 16.5. The number of ketones is 1. The number of benzene rings is 2. The number of carbonyl (C=O) groups excluding carboxylic acids is 1. The van der Waals surface area contributed by atoms with E-state index in [2.05, 4.69) is 20.6 Å². The van der Waals surface area contributed by atoms with Gasteiger partial charge >= 0.3 is 0 Å². The average Bonchev–Trinajstić information content (AvgIpc) is 2.69. The van der Waals surface area contributed by atoms with E-state index in [9.17, 15) is 4.79 Å². The summed E-state index contributed by atoms with van der Waals surface area (Å²) in [5, 5.41) is 6.45. The Bertz CT molecular complexity index is 910. The molecule has 0 spiro atoms. The minimum absolute atomic E-state index is 0.0464. The first kappa shape index (κ1) is 18.4. The van der Waals surface area contributed by atoms with Gasteiger partial charge in [0.1, 0.15) is 11.6 Å². The number of anilines is 3. The van der Waals surface area contributed by atoms with Gasteiger partial charge in [0.25, 0.3) is 0 Å². The summed E-state index contributed by atoms with van der Waals surface area (Å²) in [6.45, 7) is 2.24. The molecule has 0 aliphatic rings. The molecule has 27 heavy (non-hydrogen) atoms. The summed E-state index contributed by atoms with van der Waals surface area (Å²) >= 11 is 0. The highest BCUT2D eigenvalue weighted by molar-refractivity contribution is 5.94. The van der Waals surface area contributed by atoms with Gasteiger partial charge in [-0.2, -0.15) is 4.98 Å². The Morgan fingerprint density at radius 2 is 1.85 bits per heavy atom. The first-order valence-electron chi connectivity index (χ1n) is 8.72. The van der Waals surface area contributed by atoms with Gasteiger partial charge in [0.15, 0.2) is 5.78 Å². The molecule has 1 heterocycles. The Balaban J connectivity index is 1.59. The van der Waals surface area contributed by atoms with Crippen LogP contribution in [0.25, 0.3) is 0 Å². The number of Topliss-reactive ketones (excluding diaryl/α,β-unsaturated/α-hetero) is 1. The van der Waals surface area contributed by atoms with Gasteiger partial charge in [0.2, 0.25) is 5.95 Å². The van der Waals surface area contributed by atoms with Gasteiger partial charge in [-0.25, -0.2) is 4.98 Å². The molecule has 0 unspecified atom stereocenters. The van der Waals surface area contributed by atoms with E-state index in [0.717, 1.165) is 23.4 Å². The zero-order chi connectivity index (χ0) is 19.1. The monoisotopic (exact) mass is 362 g/mol. The Kier molecular flexibility index (Phi) is 5.99. The van der Waals surface area contributed by atoms with Crippen molar-refractivity contribution >= 4 is 23.2 Å². The molecule has 0 saturated carbocycles. The third-order valence-corrected chi connectivity index (χ3v) is 4.09. The minimum Gasteiger partial charge on any atom is -0.496 e. The molecule has 0 radical (unpaired) electrons. The van der Waals surface area contributed by atoms with Gasteiger partial charge in [-0.15, -0.1) is 0 Å². The van der Waals surface area contributed by atoms with Gasteiger partial charge in [-0.3, -0.25) is 4.79 Å². The number of aromatic nitrogens is 2. The van der Waals surface area contributed by atoms with Crippen LogP contribution in [-0.2, 0) is 6.42 Å². The summed E-state index contributed by atoms with van der Waals surface area (Å²) in [6, 6.07) is 17.0. The molecule has 6 heteroatoms. The molecule has 0 fully saturated rings. The van der Waals surface area contributed by atoms with Gasteiger partial charge in [0.05, 0.1) is 7.11 Å². The van der Waals surface area contributed by atoms with E-state index < -0.39 is 0 Å². The Morgan fingerprint density at radius 3 is 2.59 bits per heavy atom. The molecular formula is C21H22N4O2. The minimum atomic E-state index is 0.0464. The molecule has 3 aromatic rings. The van der Waals surface area contributed by atoms with Crippen LogP contribution >= 0.6 is 0 Å². The van der Waals surface area contributed by atoms with Crippen molar-refractivity contribution in [1.82, 2.24) is 9.97 Å². The summed E-state index contributed by atoms with van der Waals surface area (Å²) in [5.41, 5.74) is 2.67. The number of nitrogens with one attached hydrogen (secondary N) is 2. The van der Waals surface area contributed by atoms with Crippen molar-refractivity contribution in [1.29, 1.82) is 0 Å². The fraction of sp³-hybridized carbons (Fsp3) is 0.190. The lowest BCUT2D eigenvalue weighted by Crippen LogP contribution is -2.09. The van der Waals surface area contributed by atoms with Crippen LogP contribution in [0.15, 0.2) is 60.8 Å². The predicted octanol–water partition coefficient (Wildman–Crippen LogP) is 4.09. The fourth-order valence-corrected chi connectivity index (χ4v) is 2.67. The summed E-state index contributed by atoms with van der Waals surface area (Å²) in [7, 11) is 1.67. The first-order chi connectivity index (χ1) is 13.2. The summed E-state index contributed by atoms with van der Waals surface area (Å²) in [4.78, 5) is 20.1. The van der Waals surface area contributed by atoms with E-state index in [1.807, 2.05) is 36.4 Å². The van der Waals surface area contributed by atoms with Gasteiger partial charge in [-0.1, -0.05) is 18.2 Å². The maximum atomic E-state index is 11.3. The molecule has 3 rings (SSSR count). The molecule has 0 aliphatic heterocycles. The molecule has 0 atom stereocenters. The molecule has 0 saturated heterocycles. The SMILES string of the molecule is COc1ccccc1CCNc1nccc(Nc2ccc(C(C)=O)cc2)n1. The Morgan fingerprint density at radius 1 is 1.07 bits per heavy atom. The van der Waals surface area contributed by atoms with E-state index in [0.29, 0.717) is 23.9 Å². The van der Waals surface area contributed by atoms with E-state index in [1.165, 1.54) is 0 Å². The van der Waals surface area contributed by atoms with Crippen LogP contribution < -0.4 is 15.4 Å². The van der Waals surface area contributed by atoms with Crippen LogP contribution in [0.5, 0.6) is 5.75 Å². The Labute approximate surface area is 158 Å². The zero-order valence-electron chi connectivity index (χ0n) is 15.4.